The molecule has 0 amide bonds. The highest BCUT2D eigenvalue weighted by Crippen LogP contribution is 2.49. The van der Waals surface area contributed by atoms with Crippen LogP contribution < -0.4 is 0 Å². The van der Waals surface area contributed by atoms with Crippen LogP contribution in [0.15, 0.2) is 176 Å². The summed E-state index contributed by atoms with van der Waals surface area (Å²) < 4.78 is 5.05. The second kappa shape index (κ2) is 11.0. The lowest BCUT2D eigenvalue weighted by atomic mass is 9.98. The van der Waals surface area contributed by atoms with E-state index in [1.54, 1.807) is 6.20 Å². The summed E-state index contributed by atoms with van der Waals surface area (Å²) in [5.41, 5.74) is 12.3. The predicted octanol–water partition coefficient (Wildman–Crippen LogP) is 12.9. The van der Waals surface area contributed by atoms with Gasteiger partial charge in [-0.1, -0.05) is 140 Å². The van der Waals surface area contributed by atoms with Crippen LogP contribution in [0, 0.1) is 0 Å². The lowest BCUT2D eigenvalue weighted by Crippen LogP contribution is -1.98. The third-order valence-electron chi connectivity index (χ3n) is 11.9. The number of benzene rings is 8. The number of fused-ring (bicyclic) bond motifs is 16. The topological polar surface area (TPSA) is 48.0 Å². The molecule has 0 saturated heterocycles. The summed E-state index contributed by atoms with van der Waals surface area (Å²) >= 11 is 0. The number of rotatable bonds is 3. The third-order valence-corrected chi connectivity index (χ3v) is 11.9. The molecule has 0 fully saturated rings. The summed E-state index contributed by atoms with van der Waals surface area (Å²) in [6.45, 7) is 0. The second-order valence-corrected chi connectivity index (χ2v) is 14.7. The fraction of sp³-hybridized carbons (Fsp3) is 0. The largest absolute Gasteiger partial charge is 0.309 e. The standard InChI is InChI=1S/C51H29N5/c1-2-13-31(14-3-1)45-46(54-51-41(53-45)21-11-29-52-51)32-23-26-33(27-24-32)55-42-22-9-8-18-39(42)44-49(55)36-17-7-6-16-35(36)43-40-20-10-19-37-38-28-25-30-12-4-5-15-34(30)47(38)56(48(37)40)50(43)44/h1-29H. The fourth-order valence-electron chi connectivity index (χ4n) is 9.57. The molecule has 8 aromatic carbocycles. The first-order valence-corrected chi connectivity index (χ1v) is 19.0. The Kier molecular flexibility index (Phi) is 5.83. The molecule has 0 saturated carbocycles. The highest BCUT2D eigenvalue weighted by Gasteiger charge is 2.26. The van der Waals surface area contributed by atoms with Gasteiger partial charge in [-0.2, -0.15) is 0 Å². The summed E-state index contributed by atoms with van der Waals surface area (Å²) in [4.78, 5) is 14.7. The van der Waals surface area contributed by atoms with Crippen molar-refractivity contribution in [3.63, 3.8) is 0 Å². The molecule has 5 nitrogen and oxygen atoms in total. The van der Waals surface area contributed by atoms with Gasteiger partial charge in [0.1, 0.15) is 5.52 Å². The summed E-state index contributed by atoms with van der Waals surface area (Å²) in [5, 5.41) is 12.7. The van der Waals surface area contributed by atoms with Gasteiger partial charge in [0.2, 0.25) is 0 Å². The van der Waals surface area contributed by atoms with Crippen molar-refractivity contribution < 1.29 is 0 Å². The maximum Gasteiger partial charge on any atom is 0.178 e. The van der Waals surface area contributed by atoms with Gasteiger partial charge in [0.15, 0.2) is 5.65 Å². The minimum absolute atomic E-state index is 0.634. The van der Waals surface area contributed by atoms with Crippen molar-refractivity contribution in [1.82, 2.24) is 23.9 Å². The number of para-hydroxylation sites is 2. The number of nitrogens with zero attached hydrogens (tertiary/aromatic N) is 5. The average Bonchev–Trinajstić information content (AvgIpc) is 3.92. The average molecular weight is 712 g/mol. The molecule has 0 aliphatic heterocycles. The van der Waals surface area contributed by atoms with Crippen molar-refractivity contribution in [2.24, 2.45) is 0 Å². The van der Waals surface area contributed by atoms with Crippen molar-refractivity contribution in [1.29, 1.82) is 0 Å². The molecule has 13 rings (SSSR count). The highest BCUT2D eigenvalue weighted by molar-refractivity contribution is 6.40. The zero-order valence-electron chi connectivity index (χ0n) is 30.0. The molecular formula is C51H29N5. The molecule has 0 radical (unpaired) electrons. The minimum atomic E-state index is 0.634. The molecule has 5 heteroatoms. The molecular weight excluding hydrogens is 683 g/mol. The molecule has 5 aromatic heterocycles. The van der Waals surface area contributed by atoms with Crippen LogP contribution in [0.3, 0.4) is 0 Å². The molecule has 13 aromatic rings. The van der Waals surface area contributed by atoms with Crippen LogP contribution in [0.2, 0.25) is 0 Å². The molecule has 0 aliphatic carbocycles. The van der Waals surface area contributed by atoms with E-state index in [1.807, 2.05) is 30.3 Å². The highest BCUT2D eigenvalue weighted by atomic mass is 15.0. The number of aromatic nitrogens is 5. The number of hydrogen-bond acceptors (Lipinski definition) is 3. The molecule has 0 bridgehead atoms. The van der Waals surface area contributed by atoms with Gasteiger partial charge in [0.25, 0.3) is 0 Å². The van der Waals surface area contributed by atoms with Crippen molar-refractivity contribution in [3.05, 3.63) is 176 Å². The molecule has 56 heavy (non-hydrogen) atoms. The maximum atomic E-state index is 5.09. The van der Waals surface area contributed by atoms with Gasteiger partial charge in [0.05, 0.1) is 39.0 Å². The van der Waals surface area contributed by atoms with Gasteiger partial charge in [-0.05, 0) is 41.1 Å². The van der Waals surface area contributed by atoms with E-state index in [0.29, 0.717) is 5.65 Å². The van der Waals surface area contributed by atoms with E-state index < -0.39 is 0 Å². The van der Waals surface area contributed by atoms with Crippen molar-refractivity contribution in [2.75, 3.05) is 0 Å². The molecule has 5 heterocycles. The Morgan fingerprint density at radius 1 is 0.375 bits per heavy atom. The first-order chi connectivity index (χ1) is 27.8. The first kappa shape index (κ1) is 29.8. The van der Waals surface area contributed by atoms with Crippen LogP contribution in [0.4, 0.5) is 0 Å². The SMILES string of the molecule is c1ccc(-c2nc3cccnc3nc2-c2ccc(-n3c4ccccc4c4c3c3ccccc3c3c5cccc6c7ccc8ccccc8c7n(c65)c34)cc2)cc1. The summed E-state index contributed by atoms with van der Waals surface area (Å²) in [5.74, 6) is 0. The molecule has 0 spiro atoms. The molecule has 0 atom stereocenters. The van der Waals surface area contributed by atoms with Gasteiger partial charge < -0.3 is 8.97 Å². The van der Waals surface area contributed by atoms with E-state index in [1.165, 1.54) is 81.4 Å². The Bertz CT molecular complexity index is 3750. The van der Waals surface area contributed by atoms with E-state index in [9.17, 15) is 0 Å². The fourth-order valence-corrected chi connectivity index (χ4v) is 9.57. The van der Waals surface area contributed by atoms with E-state index in [-0.39, 0.29) is 0 Å². The summed E-state index contributed by atoms with van der Waals surface area (Å²) in [7, 11) is 0. The lowest BCUT2D eigenvalue weighted by molar-refractivity contribution is 1.18. The van der Waals surface area contributed by atoms with E-state index in [0.717, 1.165) is 33.7 Å². The van der Waals surface area contributed by atoms with E-state index >= 15 is 0 Å². The smallest absolute Gasteiger partial charge is 0.178 e. The van der Waals surface area contributed by atoms with Gasteiger partial charge in [0, 0.05) is 66.1 Å². The van der Waals surface area contributed by atoms with Gasteiger partial charge >= 0.3 is 0 Å². The Labute approximate surface area is 319 Å². The lowest BCUT2D eigenvalue weighted by Gasteiger charge is -2.13. The Hall–Kier alpha value is -7.63. The summed E-state index contributed by atoms with van der Waals surface area (Å²) in [6, 6.07) is 61.1. The van der Waals surface area contributed by atoms with Crippen molar-refractivity contribution >= 4 is 92.6 Å². The van der Waals surface area contributed by atoms with Crippen molar-refractivity contribution in [3.8, 4) is 28.2 Å². The van der Waals surface area contributed by atoms with Crippen LogP contribution in [0.5, 0.6) is 0 Å². The monoisotopic (exact) mass is 711 g/mol. The molecule has 0 N–H and O–H groups in total. The zero-order chi connectivity index (χ0) is 36.5. The Balaban J connectivity index is 1.15. The Morgan fingerprint density at radius 3 is 1.89 bits per heavy atom. The van der Waals surface area contributed by atoms with Crippen LogP contribution in [0.1, 0.15) is 0 Å². The second-order valence-electron chi connectivity index (χ2n) is 14.7. The predicted molar refractivity (Wildman–Crippen MR) is 232 cm³/mol. The summed E-state index contributed by atoms with van der Waals surface area (Å²) in [6.07, 6.45) is 1.78. The van der Waals surface area contributed by atoms with E-state index in [4.69, 9.17) is 9.97 Å². The van der Waals surface area contributed by atoms with Gasteiger partial charge in [-0.3, -0.25) is 0 Å². The number of pyridine rings is 1. The first-order valence-electron chi connectivity index (χ1n) is 19.0. The van der Waals surface area contributed by atoms with Crippen LogP contribution in [-0.2, 0) is 0 Å². The molecule has 0 unspecified atom stereocenters. The quantitative estimate of drug-likeness (QED) is 0.183. The van der Waals surface area contributed by atoms with Gasteiger partial charge in [-0.15, -0.1) is 0 Å². The normalized spacial score (nSPS) is 12.3. The van der Waals surface area contributed by atoms with Crippen LogP contribution >= 0.6 is 0 Å². The number of hydrogen-bond donors (Lipinski definition) is 0. The zero-order valence-corrected chi connectivity index (χ0v) is 30.0. The van der Waals surface area contributed by atoms with Crippen LogP contribution in [0.25, 0.3) is 121 Å². The third kappa shape index (κ3) is 3.85. The molecule has 258 valence electrons. The van der Waals surface area contributed by atoms with E-state index in [2.05, 4.69) is 153 Å². The molecule has 0 aliphatic rings. The van der Waals surface area contributed by atoms with Crippen molar-refractivity contribution in [2.45, 2.75) is 0 Å². The van der Waals surface area contributed by atoms with Gasteiger partial charge in [-0.25, -0.2) is 15.0 Å². The Morgan fingerprint density at radius 2 is 1.02 bits per heavy atom. The maximum absolute atomic E-state index is 5.09. The minimum Gasteiger partial charge on any atom is -0.309 e. The van der Waals surface area contributed by atoms with Crippen LogP contribution in [-0.4, -0.2) is 23.9 Å².